The Morgan fingerprint density at radius 2 is 1.83 bits per heavy atom. The number of fused-ring (bicyclic) bond motifs is 4. The number of amides is 3. The normalized spacial score (nSPS) is 14.5. The molecule has 2 aromatic carbocycles. The summed E-state index contributed by atoms with van der Waals surface area (Å²) >= 11 is 13.7. The van der Waals surface area contributed by atoms with Crippen LogP contribution in [0.25, 0.3) is 5.00 Å². The number of alkyl halides is 1. The minimum atomic E-state index is -0.574. The molecular weight excluding hydrogens is 737 g/mol. The van der Waals surface area contributed by atoms with Crippen molar-refractivity contribution in [1.82, 2.24) is 25.4 Å². The molecule has 276 valence electrons. The molecule has 0 fully saturated rings. The number of aliphatic imine (C=N–C) groups is 1. The fraction of sp³-hybridized carbons (Fsp3) is 0.378. The van der Waals surface area contributed by atoms with E-state index in [0.717, 1.165) is 38.9 Å². The largest absolute Gasteiger partial charge is 0.489 e. The van der Waals surface area contributed by atoms with Gasteiger partial charge in [-0.25, -0.2) is 0 Å². The van der Waals surface area contributed by atoms with E-state index in [4.69, 9.17) is 38.2 Å². The van der Waals surface area contributed by atoms with Crippen LogP contribution >= 0.6 is 34.5 Å². The Bertz CT molecular complexity index is 2090. The van der Waals surface area contributed by atoms with Gasteiger partial charge in [0.1, 0.15) is 35.1 Å². The molecule has 1 atom stereocenters. The standard InChI is InChI=1S/C37H39Cl2N9O4S/c1-22-23(2)53-37-34(22)35(25-6-8-26(39)9-7-25)43-28(36-45-44-24(3)48(36)37)19-31(49)41-13-5-14-42-32(50)21-46-16-17-52-30-18-27(10-11-29(30)46)47(15-4-12-40)33(51)20-38/h6-11,18,28H,4-5,13-17,19-21H2,1-3H3,(H,41,49)(H,42,50)/t28-/m0/s1. The van der Waals surface area contributed by atoms with Gasteiger partial charge in [-0.15, -0.1) is 33.1 Å². The number of halogens is 2. The van der Waals surface area contributed by atoms with Gasteiger partial charge in [0.25, 0.3) is 0 Å². The number of rotatable bonds is 13. The Balaban J connectivity index is 1.04. The molecule has 2 N–H and O–H groups in total. The van der Waals surface area contributed by atoms with Gasteiger partial charge in [0.2, 0.25) is 17.7 Å². The molecular formula is C37H39Cl2N9O4S. The molecule has 0 radical (unpaired) electrons. The summed E-state index contributed by atoms with van der Waals surface area (Å²) in [7, 11) is 0. The average molecular weight is 777 g/mol. The second kappa shape index (κ2) is 16.8. The van der Waals surface area contributed by atoms with Crippen LogP contribution in [0.15, 0.2) is 47.5 Å². The topological polar surface area (TPSA) is 158 Å². The van der Waals surface area contributed by atoms with Crippen molar-refractivity contribution in [3.05, 3.63) is 80.7 Å². The number of anilines is 2. The minimum absolute atomic E-state index is 0.0722. The van der Waals surface area contributed by atoms with Crippen molar-refractivity contribution in [3.63, 3.8) is 0 Å². The summed E-state index contributed by atoms with van der Waals surface area (Å²) in [6.45, 7) is 8.01. The number of nitrogens with one attached hydrogen (secondary N) is 2. The SMILES string of the molecule is Cc1sc2c(c1C)C(c1ccc(Cl)cc1)=N[C@@H](CC(=O)NCCCNC(=O)CN1CCOc3cc(N(CCC#N)C(=O)CCl)ccc31)c1nnc(C)n1-2. The number of nitriles is 1. The van der Waals surface area contributed by atoms with Crippen molar-refractivity contribution in [2.24, 2.45) is 4.99 Å². The van der Waals surface area contributed by atoms with E-state index in [1.807, 2.05) is 46.7 Å². The van der Waals surface area contributed by atoms with E-state index in [1.165, 1.54) is 9.78 Å². The van der Waals surface area contributed by atoms with Crippen molar-refractivity contribution < 1.29 is 19.1 Å². The van der Waals surface area contributed by atoms with E-state index >= 15 is 0 Å². The van der Waals surface area contributed by atoms with Crippen LogP contribution in [0.1, 0.15) is 58.5 Å². The Morgan fingerprint density at radius 1 is 1.08 bits per heavy atom. The molecule has 4 aromatic rings. The average Bonchev–Trinajstić information content (AvgIpc) is 3.63. The predicted molar refractivity (Wildman–Crippen MR) is 206 cm³/mol. The number of hydrogen-bond acceptors (Lipinski definition) is 10. The summed E-state index contributed by atoms with van der Waals surface area (Å²) in [6.07, 6.45) is 0.767. The fourth-order valence-corrected chi connectivity index (χ4v) is 7.87. The fourth-order valence-electron chi connectivity index (χ4n) is 6.38. The molecule has 4 heterocycles. The van der Waals surface area contributed by atoms with E-state index in [-0.39, 0.29) is 49.5 Å². The van der Waals surface area contributed by atoms with Gasteiger partial charge in [-0.05, 0) is 57.0 Å². The van der Waals surface area contributed by atoms with Gasteiger partial charge >= 0.3 is 0 Å². The third-order valence-corrected chi connectivity index (χ3v) is 10.8. The van der Waals surface area contributed by atoms with Crippen LogP contribution in [0.3, 0.4) is 0 Å². The van der Waals surface area contributed by atoms with Crippen LogP contribution in [0.4, 0.5) is 11.4 Å². The summed E-state index contributed by atoms with van der Waals surface area (Å²) in [5, 5.41) is 25.4. The zero-order chi connectivity index (χ0) is 37.6. The van der Waals surface area contributed by atoms with Crippen molar-refractivity contribution in [3.8, 4) is 16.8 Å². The highest BCUT2D eigenvalue weighted by molar-refractivity contribution is 7.15. The second-order valence-corrected chi connectivity index (χ2v) is 14.6. The second-order valence-electron chi connectivity index (χ2n) is 12.7. The molecule has 0 spiro atoms. The molecule has 0 aliphatic carbocycles. The van der Waals surface area contributed by atoms with Gasteiger partial charge in [0.05, 0.1) is 43.4 Å². The Morgan fingerprint density at radius 3 is 2.57 bits per heavy atom. The van der Waals surface area contributed by atoms with Crippen molar-refractivity contribution in [2.45, 2.75) is 46.1 Å². The van der Waals surface area contributed by atoms with Gasteiger partial charge in [-0.1, -0.05) is 23.7 Å². The quantitative estimate of drug-likeness (QED) is 0.139. The molecule has 0 saturated heterocycles. The zero-order valence-corrected chi connectivity index (χ0v) is 31.9. The predicted octanol–water partition coefficient (Wildman–Crippen LogP) is 5.20. The minimum Gasteiger partial charge on any atom is -0.489 e. The maximum atomic E-state index is 13.3. The Hall–Kier alpha value is -4.97. The highest BCUT2D eigenvalue weighted by Gasteiger charge is 2.32. The number of aromatic nitrogens is 3. The number of ether oxygens (including phenoxy) is 1. The third kappa shape index (κ3) is 8.32. The zero-order valence-electron chi connectivity index (χ0n) is 29.6. The van der Waals surface area contributed by atoms with Crippen LogP contribution in [0.2, 0.25) is 5.02 Å². The first kappa shape index (κ1) is 37.8. The van der Waals surface area contributed by atoms with E-state index < -0.39 is 6.04 Å². The van der Waals surface area contributed by atoms with Crippen molar-refractivity contribution in [1.29, 1.82) is 5.26 Å². The lowest BCUT2D eigenvalue weighted by Crippen LogP contribution is -2.42. The lowest BCUT2D eigenvalue weighted by Gasteiger charge is -2.32. The monoisotopic (exact) mass is 775 g/mol. The van der Waals surface area contributed by atoms with Crippen LogP contribution in [0.5, 0.6) is 5.75 Å². The molecule has 0 bridgehead atoms. The molecule has 0 unspecified atom stereocenters. The molecule has 6 rings (SSSR count). The van der Waals surface area contributed by atoms with Crippen LogP contribution < -0.4 is 25.2 Å². The summed E-state index contributed by atoms with van der Waals surface area (Å²) in [4.78, 5) is 48.3. The van der Waals surface area contributed by atoms with E-state index in [1.54, 1.807) is 29.5 Å². The van der Waals surface area contributed by atoms with Gasteiger partial charge in [-0.3, -0.25) is 23.9 Å². The maximum Gasteiger partial charge on any atom is 0.241 e. The summed E-state index contributed by atoms with van der Waals surface area (Å²) < 4.78 is 7.86. The number of carbonyl (C=O) groups excluding carboxylic acids is 3. The number of hydrogen-bond donors (Lipinski definition) is 2. The van der Waals surface area contributed by atoms with Gasteiger partial charge in [-0.2, -0.15) is 5.26 Å². The first-order valence-corrected chi connectivity index (χ1v) is 19.0. The van der Waals surface area contributed by atoms with Gasteiger partial charge in [0.15, 0.2) is 5.82 Å². The number of thiophene rings is 1. The Kier molecular flexibility index (Phi) is 12.0. The van der Waals surface area contributed by atoms with Gasteiger partial charge < -0.3 is 25.2 Å². The van der Waals surface area contributed by atoms with Crippen LogP contribution in [-0.2, 0) is 14.4 Å². The van der Waals surface area contributed by atoms with Crippen molar-refractivity contribution >= 4 is 69.3 Å². The summed E-state index contributed by atoms with van der Waals surface area (Å²) in [6, 6.07) is 14.3. The highest BCUT2D eigenvalue weighted by Crippen LogP contribution is 2.40. The number of benzene rings is 2. The van der Waals surface area contributed by atoms with E-state index in [0.29, 0.717) is 54.9 Å². The first-order valence-electron chi connectivity index (χ1n) is 17.2. The molecule has 2 aliphatic rings. The maximum absolute atomic E-state index is 13.3. The van der Waals surface area contributed by atoms with Gasteiger partial charge in [0, 0.05) is 52.4 Å². The number of carbonyl (C=O) groups is 3. The molecule has 2 aliphatic heterocycles. The summed E-state index contributed by atoms with van der Waals surface area (Å²) in [5.41, 5.74) is 5.10. The molecule has 16 heteroatoms. The third-order valence-electron chi connectivity index (χ3n) is 9.15. The van der Waals surface area contributed by atoms with E-state index in [2.05, 4.69) is 34.7 Å². The molecule has 0 saturated carbocycles. The highest BCUT2D eigenvalue weighted by atomic mass is 35.5. The molecule has 2 aromatic heterocycles. The first-order chi connectivity index (χ1) is 25.6. The lowest BCUT2D eigenvalue weighted by atomic mass is 9.99. The molecule has 53 heavy (non-hydrogen) atoms. The van der Waals surface area contributed by atoms with Crippen molar-refractivity contribution in [2.75, 3.05) is 55.0 Å². The number of nitrogens with zero attached hydrogens (tertiary/aromatic N) is 7. The van der Waals surface area contributed by atoms with Crippen LogP contribution in [-0.4, -0.2) is 83.4 Å². The lowest BCUT2D eigenvalue weighted by molar-refractivity contribution is -0.121. The molecule has 3 amide bonds. The summed E-state index contributed by atoms with van der Waals surface area (Å²) in [5.74, 6) is 0.997. The smallest absolute Gasteiger partial charge is 0.241 e. The van der Waals surface area contributed by atoms with E-state index in [9.17, 15) is 14.4 Å². The molecule has 13 nitrogen and oxygen atoms in total. The van der Waals surface area contributed by atoms with Crippen LogP contribution in [0, 0.1) is 32.1 Å². The Labute approximate surface area is 321 Å². The number of aryl methyl sites for hydroxylation is 2.